The zero-order valence-corrected chi connectivity index (χ0v) is 24.3. The number of alkyl halides is 1. The number of hydrogen-bond acceptors (Lipinski definition) is 8. The lowest BCUT2D eigenvalue weighted by molar-refractivity contribution is 0.103. The minimum absolute atomic E-state index is 0.0146. The Labute approximate surface area is 251 Å². The van der Waals surface area contributed by atoms with Crippen LogP contribution in [0.1, 0.15) is 41.0 Å². The van der Waals surface area contributed by atoms with Crippen molar-refractivity contribution in [3.05, 3.63) is 71.6 Å². The number of pyridine rings is 1. The Bertz CT molecular complexity index is 1860. The summed E-state index contributed by atoms with van der Waals surface area (Å²) in [6.07, 6.45) is 6.99. The third kappa shape index (κ3) is 5.02. The van der Waals surface area contributed by atoms with Gasteiger partial charge < -0.3 is 10.3 Å². The molecule has 1 aliphatic carbocycles. The van der Waals surface area contributed by atoms with Gasteiger partial charge in [-0.25, -0.2) is 28.1 Å². The maximum absolute atomic E-state index is 15.6. The number of anilines is 1. The van der Waals surface area contributed by atoms with Gasteiger partial charge in [-0.15, -0.1) is 0 Å². The summed E-state index contributed by atoms with van der Waals surface area (Å²) in [5.74, 6) is -2.78. The second-order valence-electron chi connectivity index (χ2n) is 11.4. The lowest BCUT2D eigenvalue weighted by Crippen LogP contribution is -2.49. The molecule has 44 heavy (non-hydrogen) atoms. The molecule has 1 saturated carbocycles. The Balaban J connectivity index is 1.17. The van der Waals surface area contributed by atoms with Gasteiger partial charge in [0.05, 0.1) is 16.8 Å². The number of benzene rings is 1. The first-order chi connectivity index (χ1) is 21.2. The predicted octanol–water partition coefficient (Wildman–Crippen LogP) is 3.12. The van der Waals surface area contributed by atoms with Crippen LogP contribution in [0.5, 0.6) is 0 Å². The van der Waals surface area contributed by atoms with E-state index in [4.69, 9.17) is 0 Å². The van der Waals surface area contributed by atoms with E-state index in [-0.39, 0.29) is 30.6 Å². The van der Waals surface area contributed by atoms with E-state index in [0.29, 0.717) is 22.2 Å². The molecule has 2 saturated heterocycles. The molecule has 4 aromatic rings. The van der Waals surface area contributed by atoms with Gasteiger partial charge in [-0.1, -0.05) is 0 Å². The van der Waals surface area contributed by atoms with Gasteiger partial charge in [0.25, 0.3) is 0 Å². The number of carbonyl (C=O) groups is 1. The van der Waals surface area contributed by atoms with Crippen LogP contribution in [0.25, 0.3) is 22.2 Å². The normalized spacial score (nSPS) is 20.7. The van der Waals surface area contributed by atoms with Crippen molar-refractivity contribution in [3.63, 3.8) is 0 Å². The molecule has 230 valence electrons. The zero-order chi connectivity index (χ0) is 30.6. The van der Waals surface area contributed by atoms with Gasteiger partial charge >= 0.3 is 10.2 Å². The summed E-state index contributed by atoms with van der Waals surface area (Å²) < 4.78 is 72.3. The van der Waals surface area contributed by atoms with Crippen LogP contribution in [-0.2, 0) is 15.7 Å². The highest BCUT2D eigenvalue weighted by Gasteiger charge is 2.52. The number of carbonyl (C=O) groups excluding carboxylic acids is 1. The molecule has 2 aliphatic heterocycles. The highest BCUT2D eigenvalue weighted by molar-refractivity contribution is 7.90. The highest BCUT2D eigenvalue weighted by atomic mass is 32.2. The monoisotopic (exact) mass is 626 g/mol. The Morgan fingerprint density at radius 2 is 1.75 bits per heavy atom. The number of nitrogens with one attached hydrogen (secondary N) is 3. The fourth-order valence-corrected chi connectivity index (χ4v) is 7.31. The summed E-state index contributed by atoms with van der Waals surface area (Å²) in [6.45, 7) is 3.26. The van der Waals surface area contributed by atoms with E-state index in [2.05, 4.69) is 30.2 Å². The molecule has 1 unspecified atom stereocenters. The van der Waals surface area contributed by atoms with Crippen LogP contribution in [0.4, 0.5) is 18.9 Å². The van der Waals surface area contributed by atoms with Crippen LogP contribution < -0.4 is 10.0 Å². The van der Waals surface area contributed by atoms with E-state index in [1.165, 1.54) is 6.20 Å². The standard InChI is InChI=1S/C29H29F3N8O3S/c30-19-3-8-40(16-19)44(42,43)38-23-2-1-22(31)24(25(23)32)26(41)21-15-35-27-20(21)11-17(12-34-27)18-13-36-28(37-14-18)29(4-5-29)39-9-6-33-7-10-39/h1-2,11-15,19,33,38H,3-10,16H2,(H,34,35). The van der Waals surface area contributed by atoms with E-state index >= 15 is 4.39 Å². The first-order valence-electron chi connectivity index (χ1n) is 14.4. The first-order valence-corrected chi connectivity index (χ1v) is 15.8. The summed E-state index contributed by atoms with van der Waals surface area (Å²) >= 11 is 0. The molecule has 11 nitrogen and oxygen atoms in total. The Kier molecular flexibility index (Phi) is 7.15. The highest BCUT2D eigenvalue weighted by Crippen LogP contribution is 2.49. The number of aromatic amines is 1. The number of nitrogens with zero attached hydrogens (tertiary/aromatic N) is 5. The molecule has 3 fully saturated rings. The zero-order valence-electron chi connectivity index (χ0n) is 23.5. The molecule has 1 aromatic carbocycles. The fourth-order valence-electron chi connectivity index (χ4n) is 6.04. The lowest BCUT2D eigenvalue weighted by Gasteiger charge is -2.34. The summed E-state index contributed by atoms with van der Waals surface area (Å²) in [4.78, 5) is 32.5. The molecular formula is C29H29F3N8O3S. The molecule has 1 atom stereocenters. The molecule has 3 aliphatic rings. The number of hydrogen-bond donors (Lipinski definition) is 3. The van der Waals surface area contributed by atoms with E-state index < -0.39 is 45.0 Å². The van der Waals surface area contributed by atoms with Crippen LogP contribution in [0.2, 0.25) is 0 Å². The topological polar surface area (TPSA) is 136 Å². The second kappa shape index (κ2) is 10.9. The molecule has 7 rings (SSSR count). The van der Waals surface area contributed by atoms with Crippen molar-refractivity contribution in [2.45, 2.75) is 31.0 Å². The van der Waals surface area contributed by atoms with Gasteiger partial charge in [-0.2, -0.15) is 12.7 Å². The summed E-state index contributed by atoms with van der Waals surface area (Å²) in [6, 6.07) is 3.35. The minimum atomic E-state index is -4.33. The molecule has 0 spiro atoms. The third-order valence-electron chi connectivity index (χ3n) is 8.61. The van der Waals surface area contributed by atoms with Gasteiger partial charge in [0.1, 0.15) is 23.5 Å². The van der Waals surface area contributed by atoms with Crippen molar-refractivity contribution in [1.82, 2.24) is 34.5 Å². The number of aromatic nitrogens is 4. The summed E-state index contributed by atoms with van der Waals surface area (Å²) in [5, 5.41) is 3.68. The van der Waals surface area contributed by atoms with Crippen molar-refractivity contribution in [2.24, 2.45) is 0 Å². The van der Waals surface area contributed by atoms with Crippen LogP contribution in [0.15, 0.2) is 43.0 Å². The third-order valence-corrected chi connectivity index (χ3v) is 10.1. The van der Waals surface area contributed by atoms with Gasteiger partial charge in [0.15, 0.2) is 5.82 Å². The average molecular weight is 627 g/mol. The number of halogens is 3. The number of piperazine rings is 1. The van der Waals surface area contributed by atoms with Crippen molar-refractivity contribution in [3.8, 4) is 11.1 Å². The molecule has 0 amide bonds. The van der Waals surface area contributed by atoms with Crippen LogP contribution in [-0.4, -0.2) is 88.8 Å². The minimum Gasteiger partial charge on any atom is -0.345 e. The van der Waals surface area contributed by atoms with Crippen molar-refractivity contribution < 1.29 is 26.4 Å². The fraction of sp³-hybridized carbons (Fsp3) is 0.379. The van der Waals surface area contributed by atoms with Gasteiger partial charge in [-0.05, 0) is 37.5 Å². The van der Waals surface area contributed by atoms with Gasteiger partial charge in [0.2, 0.25) is 5.78 Å². The summed E-state index contributed by atoms with van der Waals surface area (Å²) in [5.41, 5.74) is -0.171. The number of H-pyrrole nitrogens is 1. The first kappa shape index (κ1) is 28.8. The Morgan fingerprint density at radius 3 is 2.43 bits per heavy atom. The average Bonchev–Trinajstić information content (AvgIpc) is 3.53. The second-order valence-corrected chi connectivity index (χ2v) is 13.0. The van der Waals surface area contributed by atoms with E-state index in [1.807, 2.05) is 4.72 Å². The van der Waals surface area contributed by atoms with Crippen LogP contribution >= 0.6 is 0 Å². The quantitative estimate of drug-likeness (QED) is 0.254. The SMILES string of the molecule is O=C(c1c(F)ccc(NS(=O)(=O)N2CCC(F)C2)c1F)c1c[nH]c2ncc(-c3cnc(C4(N5CCNCC5)CC4)nc3)cc12. The smallest absolute Gasteiger partial charge is 0.301 e. The molecule has 3 aromatic heterocycles. The summed E-state index contributed by atoms with van der Waals surface area (Å²) in [7, 11) is -4.33. The van der Waals surface area contributed by atoms with E-state index in [1.54, 1.807) is 24.7 Å². The largest absolute Gasteiger partial charge is 0.345 e. The van der Waals surface area contributed by atoms with Crippen molar-refractivity contribution >= 4 is 32.7 Å². The predicted molar refractivity (Wildman–Crippen MR) is 156 cm³/mol. The number of fused-ring (bicyclic) bond motifs is 1. The Hall–Kier alpha value is -3.92. The Morgan fingerprint density at radius 1 is 1.02 bits per heavy atom. The van der Waals surface area contributed by atoms with Crippen LogP contribution in [0, 0.1) is 11.6 Å². The van der Waals surface area contributed by atoms with Gasteiger partial charge in [-0.3, -0.25) is 14.4 Å². The van der Waals surface area contributed by atoms with E-state index in [9.17, 15) is 22.0 Å². The molecule has 0 radical (unpaired) electrons. The molecule has 5 heterocycles. The molecule has 15 heteroatoms. The maximum atomic E-state index is 15.6. The maximum Gasteiger partial charge on any atom is 0.301 e. The van der Waals surface area contributed by atoms with E-state index in [0.717, 1.165) is 61.3 Å². The van der Waals surface area contributed by atoms with Crippen molar-refractivity contribution in [2.75, 3.05) is 44.0 Å². The number of rotatable bonds is 8. The molecular weight excluding hydrogens is 597 g/mol. The van der Waals surface area contributed by atoms with Gasteiger partial charge in [0, 0.05) is 86.1 Å². The lowest BCUT2D eigenvalue weighted by atomic mass is 10.0. The molecule has 0 bridgehead atoms. The van der Waals surface area contributed by atoms with Crippen LogP contribution in [0.3, 0.4) is 0 Å². The number of ketones is 1. The molecule has 3 N–H and O–H groups in total. The van der Waals surface area contributed by atoms with Crippen molar-refractivity contribution in [1.29, 1.82) is 0 Å².